The molecule has 2 aromatic heterocycles. The van der Waals surface area contributed by atoms with Crippen LogP contribution in [0, 0.1) is 0 Å². The molecule has 1 atom stereocenters. The molecule has 0 aliphatic rings. The fourth-order valence-electron chi connectivity index (χ4n) is 0.904. The second kappa shape index (κ2) is 2.98. The molecule has 0 amide bonds. The van der Waals surface area contributed by atoms with Gasteiger partial charge >= 0.3 is 0 Å². The van der Waals surface area contributed by atoms with Crippen molar-refractivity contribution in [2.24, 2.45) is 5.73 Å². The first-order valence-electron chi connectivity index (χ1n) is 3.86. The van der Waals surface area contributed by atoms with Crippen LogP contribution in [0.5, 0.6) is 0 Å². The quantitative estimate of drug-likeness (QED) is 0.699. The highest BCUT2D eigenvalue weighted by atomic mass is 16.5. The first kappa shape index (κ1) is 7.93. The van der Waals surface area contributed by atoms with E-state index in [1.807, 2.05) is 0 Å². The van der Waals surface area contributed by atoms with Crippen LogP contribution in [0.1, 0.15) is 18.9 Å². The van der Waals surface area contributed by atoms with Crippen LogP contribution in [0.15, 0.2) is 16.9 Å². The lowest BCUT2D eigenvalue weighted by Gasteiger charge is -1.92. The highest BCUT2D eigenvalue weighted by Crippen LogP contribution is 2.12. The van der Waals surface area contributed by atoms with E-state index in [-0.39, 0.29) is 6.04 Å². The Hall–Kier alpha value is -1.69. The highest BCUT2D eigenvalue weighted by molar-refractivity contribution is 5.40. The van der Waals surface area contributed by atoms with Gasteiger partial charge in [-0.25, -0.2) is 4.98 Å². The average molecular weight is 179 g/mol. The molecule has 0 aromatic carbocycles. The molecule has 6 heteroatoms. The number of rotatable bonds is 2. The van der Waals surface area contributed by atoms with Crippen molar-refractivity contribution in [3.8, 4) is 11.6 Å². The normalized spacial score (nSPS) is 13.1. The number of nitrogens with one attached hydrogen (secondary N) is 1. The molecule has 3 N–H and O–H groups in total. The van der Waals surface area contributed by atoms with Crippen LogP contribution in [0.4, 0.5) is 0 Å². The lowest BCUT2D eigenvalue weighted by atomic mass is 10.4. The van der Waals surface area contributed by atoms with Gasteiger partial charge in [0.05, 0.1) is 6.04 Å². The standard InChI is InChI=1S/C7H9N5O/c1-4(8)7-11-6(12-13-7)5-9-2-3-10-5/h2-4H,8H2,1H3,(H,9,10)/t4-/m1/s1. The van der Waals surface area contributed by atoms with Crippen molar-refractivity contribution >= 4 is 0 Å². The Kier molecular flexibility index (Phi) is 1.82. The van der Waals surface area contributed by atoms with Gasteiger partial charge in [-0.05, 0) is 6.92 Å². The van der Waals surface area contributed by atoms with Crippen molar-refractivity contribution in [3.63, 3.8) is 0 Å². The molecule has 13 heavy (non-hydrogen) atoms. The van der Waals surface area contributed by atoms with E-state index < -0.39 is 0 Å². The Bertz CT molecular complexity index is 377. The third kappa shape index (κ3) is 1.43. The van der Waals surface area contributed by atoms with Crippen LogP contribution < -0.4 is 5.73 Å². The number of aromatic amines is 1. The zero-order chi connectivity index (χ0) is 9.26. The molecular weight excluding hydrogens is 170 g/mol. The van der Waals surface area contributed by atoms with E-state index in [2.05, 4.69) is 20.1 Å². The summed E-state index contributed by atoms with van der Waals surface area (Å²) < 4.78 is 4.90. The lowest BCUT2D eigenvalue weighted by Crippen LogP contribution is -2.04. The molecule has 0 fully saturated rings. The van der Waals surface area contributed by atoms with Gasteiger partial charge in [0.25, 0.3) is 0 Å². The number of aromatic nitrogens is 4. The molecule has 0 radical (unpaired) electrons. The second-order valence-electron chi connectivity index (χ2n) is 2.68. The summed E-state index contributed by atoms with van der Waals surface area (Å²) in [6.07, 6.45) is 3.31. The molecule has 2 aromatic rings. The minimum Gasteiger partial charge on any atom is -0.342 e. The molecule has 0 aliphatic carbocycles. The van der Waals surface area contributed by atoms with Gasteiger partial charge in [-0.15, -0.1) is 0 Å². The van der Waals surface area contributed by atoms with Gasteiger partial charge in [0, 0.05) is 12.4 Å². The largest absolute Gasteiger partial charge is 0.342 e. The topological polar surface area (TPSA) is 93.6 Å². The predicted octanol–water partition coefficient (Wildman–Crippen LogP) is 0.479. The van der Waals surface area contributed by atoms with E-state index in [0.29, 0.717) is 17.5 Å². The average Bonchev–Trinajstić information content (AvgIpc) is 2.75. The molecule has 0 saturated heterocycles. The molecule has 68 valence electrons. The van der Waals surface area contributed by atoms with Gasteiger partial charge in [0.15, 0.2) is 5.82 Å². The molecule has 0 unspecified atom stereocenters. The zero-order valence-electron chi connectivity index (χ0n) is 7.06. The maximum Gasteiger partial charge on any atom is 0.243 e. The van der Waals surface area contributed by atoms with E-state index in [1.165, 1.54) is 0 Å². The number of hydrogen-bond acceptors (Lipinski definition) is 5. The summed E-state index contributed by atoms with van der Waals surface area (Å²) in [6.45, 7) is 1.78. The van der Waals surface area contributed by atoms with Crippen molar-refractivity contribution in [2.75, 3.05) is 0 Å². The Morgan fingerprint density at radius 2 is 2.46 bits per heavy atom. The SMILES string of the molecule is C[C@@H](N)c1nc(-c2ncc[nH]2)no1. The van der Waals surface area contributed by atoms with Crippen LogP contribution in [-0.4, -0.2) is 20.1 Å². The smallest absolute Gasteiger partial charge is 0.243 e. The molecule has 6 nitrogen and oxygen atoms in total. The molecule has 0 saturated carbocycles. The molecular formula is C7H9N5O. The molecule has 2 rings (SSSR count). The first-order chi connectivity index (χ1) is 6.27. The Morgan fingerprint density at radius 1 is 1.62 bits per heavy atom. The number of imidazole rings is 1. The number of H-pyrrole nitrogens is 1. The fourth-order valence-corrected chi connectivity index (χ4v) is 0.904. The predicted molar refractivity (Wildman–Crippen MR) is 44.5 cm³/mol. The van der Waals surface area contributed by atoms with Crippen LogP contribution in [0.3, 0.4) is 0 Å². The van der Waals surface area contributed by atoms with E-state index in [4.69, 9.17) is 10.3 Å². The van der Waals surface area contributed by atoms with E-state index >= 15 is 0 Å². The zero-order valence-corrected chi connectivity index (χ0v) is 7.06. The summed E-state index contributed by atoms with van der Waals surface area (Å²) >= 11 is 0. The molecule has 0 aliphatic heterocycles. The van der Waals surface area contributed by atoms with Gasteiger partial charge in [-0.2, -0.15) is 4.98 Å². The number of hydrogen-bond donors (Lipinski definition) is 2. The maximum absolute atomic E-state index is 5.55. The molecule has 0 spiro atoms. The maximum atomic E-state index is 5.55. The van der Waals surface area contributed by atoms with Gasteiger partial charge in [0.1, 0.15) is 0 Å². The number of nitrogens with two attached hydrogens (primary N) is 1. The van der Waals surface area contributed by atoms with Crippen LogP contribution in [-0.2, 0) is 0 Å². The Labute approximate surface area is 74.2 Å². The van der Waals surface area contributed by atoms with E-state index in [1.54, 1.807) is 19.3 Å². The Balaban J connectivity index is 2.33. The van der Waals surface area contributed by atoms with Gasteiger partial charge in [-0.3, -0.25) is 0 Å². The highest BCUT2D eigenvalue weighted by Gasteiger charge is 2.12. The van der Waals surface area contributed by atoms with E-state index in [0.717, 1.165) is 0 Å². The summed E-state index contributed by atoms with van der Waals surface area (Å²) in [5.74, 6) is 1.42. The van der Waals surface area contributed by atoms with Gasteiger partial charge in [0.2, 0.25) is 11.7 Å². The van der Waals surface area contributed by atoms with Crippen molar-refractivity contribution in [2.45, 2.75) is 13.0 Å². The summed E-state index contributed by atoms with van der Waals surface area (Å²) in [6, 6.07) is -0.254. The van der Waals surface area contributed by atoms with Crippen molar-refractivity contribution in [1.29, 1.82) is 0 Å². The van der Waals surface area contributed by atoms with Crippen molar-refractivity contribution < 1.29 is 4.52 Å². The van der Waals surface area contributed by atoms with Crippen molar-refractivity contribution in [1.82, 2.24) is 20.1 Å². The van der Waals surface area contributed by atoms with Gasteiger partial charge < -0.3 is 15.2 Å². The minimum atomic E-state index is -0.254. The number of nitrogens with zero attached hydrogens (tertiary/aromatic N) is 3. The molecule has 0 bridgehead atoms. The lowest BCUT2D eigenvalue weighted by molar-refractivity contribution is 0.362. The summed E-state index contributed by atoms with van der Waals surface area (Å²) in [7, 11) is 0. The second-order valence-corrected chi connectivity index (χ2v) is 2.68. The molecule has 2 heterocycles. The van der Waals surface area contributed by atoms with Crippen LogP contribution >= 0.6 is 0 Å². The summed E-state index contributed by atoms with van der Waals surface area (Å²) in [5.41, 5.74) is 5.55. The third-order valence-electron chi connectivity index (χ3n) is 1.54. The fraction of sp³-hybridized carbons (Fsp3) is 0.286. The van der Waals surface area contributed by atoms with Crippen LogP contribution in [0.2, 0.25) is 0 Å². The van der Waals surface area contributed by atoms with E-state index in [9.17, 15) is 0 Å². The summed E-state index contributed by atoms with van der Waals surface area (Å²) in [4.78, 5) is 10.9. The summed E-state index contributed by atoms with van der Waals surface area (Å²) in [5, 5.41) is 3.72. The first-order valence-corrected chi connectivity index (χ1v) is 3.86. The Morgan fingerprint density at radius 3 is 3.00 bits per heavy atom. The third-order valence-corrected chi connectivity index (χ3v) is 1.54. The minimum absolute atomic E-state index is 0.254. The van der Waals surface area contributed by atoms with Gasteiger partial charge in [-0.1, -0.05) is 5.16 Å². The monoisotopic (exact) mass is 179 g/mol. The van der Waals surface area contributed by atoms with Crippen LogP contribution in [0.25, 0.3) is 11.6 Å². The van der Waals surface area contributed by atoms with Crippen molar-refractivity contribution in [3.05, 3.63) is 18.3 Å².